The molecule has 1 N–H and O–H groups in total. The van der Waals surface area contributed by atoms with Crippen molar-refractivity contribution in [3.05, 3.63) is 71.9 Å². The van der Waals surface area contributed by atoms with Crippen LogP contribution in [0.5, 0.6) is 5.75 Å². The summed E-state index contributed by atoms with van der Waals surface area (Å²) in [7, 11) is 0. The summed E-state index contributed by atoms with van der Waals surface area (Å²) in [5.74, 6) is -0.104. The number of benzene rings is 2. The summed E-state index contributed by atoms with van der Waals surface area (Å²) in [5.41, 5.74) is 2.32. The number of hydrogen-bond donors (Lipinski definition) is 1. The van der Waals surface area contributed by atoms with Crippen molar-refractivity contribution in [3.8, 4) is 5.75 Å². The third-order valence-corrected chi connectivity index (χ3v) is 4.03. The Morgan fingerprint density at radius 1 is 1.15 bits per heavy atom. The number of para-hydroxylation sites is 1. The average Bonchev–Trinajstić information content (AvgIpc) is 2.61. The normalized spacial score (nSPS) is 12.2. The number of ether oxygens (including phenoxy) is 1. The van der Waals surface area contributed by atoms with Gasteiger partial charge in [0.15, 0.2) is 0 Å². The van der Waals surface area contributed by atoms with Crippen LogP contribution in [0.4, 0.5) is 8.78 Å². The molecule has 0 saturated carbocycles. The second kappa shape index (κ2) is 7.91. The molecule has 1 unspecified atom stereocenters. The molecule has 1 amide bonds. The molecule has 1 heterocycles. The topological polar surface area (TPSA) is 51.2 Å². The first kappa shape index (κ1) is 17.8. The standard InChI is InChI=1S/C20H18F2N2O2/c1-13(15-6-3-9-17(11-15)26-20(21)22)24-18(25)12-16-7-2-5-14-8-4-10-23-19(14)16/h2-11,13,20H,12H2,1H3,(H,24,25). The van der Waals surface area contributed by atoms with E-state index >= 15 is 0 Å². The third kappa shape index (κ3) is 4.33. The van der Waals surface area contributed by atoms with Crippen LogP contribution in [-0.2, 0) is 11.2 Å². The number of fused-ring (bicyclic) bond motifs is 1. The molecule has 0 radical (unpaired) electrons. The molecule has 3 aromatic rings. The number of nitrogens with zero attached hydrogens (tertiary/aromatic N) is 1. The van der Waals surface area contributed by atoms with Crippen molar-refractivity contribution in [1.29, 1.82) is 0 Å². The molecule has 0 fully saturated rings. The number of pyridine rings is 1. The lowest BCUT2D eigenvalue weighted by atomic mass is 10.1. The Labute approximate surface area is 149 Å². The Hall–Kier alpha value is -3.02. The van der Waals surface area contributed by atoms with E-state index in [2.05, 4.69) is 15.0 Å². The van der Waals surface area contributed by atoms with Crippen molar-refractivity contribution < 1.29 is 18.3 Å². The van der Waals surface area contributed by atoms with E-state index in [0.717, 1.165) is 16.5 Å². The van der Waals surface area contributed by atoms with Crippen LogP contribution in [0.3, 0.4) is 0 Å². The molecular weight excluding hydrogens is 338 g/mol. The van der Waals surface area contributed by atoms with Gasteiger partial charge in [0.25, 0.3) is 0 Å². The summed E-state index contributed by atoms with van der Waals surface area (Å²) in [5, 5.41) is 3.85. The van der Waals surface area contributed by atoms with Crippen LogP contribution in [0, 0.1) is 0 Å². The molecule has 1 aromatic heterocycles. The molecule has 0 spiro atoms. The first-order valence-electron chi connectivity index (χ1n) is 8.19. The fourth-order valence-corrected chi connectivity index (χ4v) is 2.82. The van der Waals surface area contributed by atoms with Crippen molar-refractivity contribution in [1.82, 2.24) is 10.3 Å². The van der Waals surface area contributed by atoms with Crippen LogP contribution in [0.25, 0.3) is 10.9 Å². The summed E-state index contributed by atoms with van der Waals surface area (Å²) < 4.78 is 29.1. The molecule has 0 aliphatic rings. The fraction of sp³-hybridized carbons (Fsp3) is 0.200. The van der Waals surface area contributed by atoms with E-state index in [1.807, 2.05) is 30.3 Å². The molecule has 2 aromatic carbocycles. The average molecular weight is 356 g/mol. The van der Waals surface area contributed by atoms with Gasteiger partial charge in [0, 0.05) is 11.6 Å². The first-order valence-corrected chi connectivity index (χ1v) is 8.19. The summed E-state index contributed by atoms with van der Waals surface area (Å²) in [6.45, 7) is -1.09. The van der Waals surface area contributed by atoms with E-state index in [-0.39, 0.29) is 24.1 Å². The van der Waals surface area contributed by atoms with Gasteiger partial charge in [-0.3, -0.25) is 9.78 Å². The highest BCUT2D eigenvalue weighted by atomic mass is 19.3. The minimum atomic E-state index is -2.88. The molecule has 134 valence electrons. The van der Waals surface area contributed by atoms with Crippen LogP contribution in [0.2, 0.25) is 0 Å². The van der Waals surface area contributed by atoms with E-state index < -0.39 is 6.61 Å². The molecule has 3 rings (SSSR count). The maximum absolute atomic E-state index is 12.4. The Morgan fingerprint density at radius 3 is 2.73 bits per heavy atom. The lowest BCUT2D eigenvalue weighted by Gasteiger charge is -2.16. The molecule has 0 aliphatic heterocycles. The summed E-state index contributed by atoms with van der Waals surface area (Å²) in [6.07, 6.45) is 1.88. The monoisotopic (exact) mass is 356 g/mol. The van der Waals surface area contributed by atoms with E-state index in [1.54, 1.807) is 25.3 Å². The number of aromatic nitrogens is 1. The number of hydrogen-bond acceptors (Lipinski definition) is 3. The summed E-state index contributed by atoms with van der Waals surface area (Å²) in [4.78, 5) is 16.8. The highest BCUT2D eigenvalue weighted by Crippen LogP contribution is 2.21. The smallest absolute Gasteiger partial charge is 0.387 e. The van der Waals surface area contributed by atoms with Crippen LogP contribution < -0.4 is 10.1 Å². The fourth-order valence-electron chi connectivity index (χ4n) is 2.82. The molecule has 0 aliphatic carbocycles. The number of amides is 1. The second-order valence-corrected chi connectivity index (χ2v) is 5.91. The van der Waals surface area contributed by atoms with Gasteiger partial charge in [-0.05, 0) is 36.2 Å². The van der Waals surface area contributed by atoms with E-state index in [1.165, 1.54) is 12.1 Å². The molecule has 26 heavy (non-hydrogen) atoms. The quantitative estimate of drug-likeness (QED) is 0.718. The van der Waals surface area contributed by atoms with Crippen molar-refractivity contribution in [2.24, 2.45) is 0 Å². The van der Waals surface area contributed by atoms with Gasteiger partial charge in [-0.15, -0.1) is 0 Å². The van der Waals surface area contributed by atoms with Gasteiger partial charge in [-0.25, -0.2) is 0 Å². The number of alkyl halides is 2. The zero-order valence-corrected chi connectivity index (χ0v) is 14.2. The summed E-state index contributed by atoms with van der Waals surface area (Å²) >= 11 is 0. The second-order valence-electron chi connectivity index (χ2n) is 5.91. The predicted octanol–water partition coefficient (Wildman–Crippen LogP) is 4.26. The maximum Gasteiger partial charge on any atom is 0.387 e. The number of carbonyl (C=O) groups is 1. The zero-order chi connectivity index (χ0) is 18.5. The molecule has 6 heteroatoms. The van der Waals surface area contributed by atoms with Gasteiger partial charge in [-0.2, -0.15) is 8.78 Å². The largest absolute Gasteiger partial charge is 0.435 e. The zero-order valence-electron chi connectivity index (χ0n) is 14.2. The Kier molecular flexibility index (Phi) is 5.41. The molecule has 0 bridgehead atoms. The first-order chi connectivity index (χ1) is 12.5. The molecular formula is C20H18F2N2O2. The van der Waals surface area contributed by atoms with E-state index in [9.17, 15) is 13.6 Å². The van der Waals surface area contributed by atoms with Gasteiger partial charge < -0.3 is 10.1 Å². The number of nitrogens with one attached hydrogen (secondary N) is 1. The highest BCUT2D eigenvalue weighted by Gasteiger charge is 2.13. The van der Waals surface area contributed by atoms with Crippen LogP contribution in [-0.4, -0.2) is 17.5 Å². The number of carbonyl (C=O) groups excluding carboxylic acids is 1. The van der Waals surface area contributed by atoms with Gasteiger partial charge in [-0.1, -0.05) is 36.4 Å². The minimum absolute atomic E-state index is 0.0665. The Bertz CT molecular complexity index is 910. The predicted molar refractivity (Wildman–Crippen MR) is 95.1 cm³/mol. The van der Waals surface area contributed by atoms with Crippen molar-refractivity contribution in [3.63, 3.8) is 0 Å². The van der Waals surface area contributed by atoms with Crippen LogP contribution in [0.1, 0.15) is 24.1 Å². The van der Waals surface area contributed by atoms with Crippen molar-refractivity contribution in [2.45, 2.75) is 26.0 Å². The molecule has 4 nitrogen and oxygen atoms in total. The van der Waals surface area contributed by atoms with Gasteiger partial charge in [0.1, 0.15) is 5.75 Å². The van der Waals surface area contributed by atoms with Crippen molar-refractivity contribution in [2.75, 3.05) is 0 Å². The minimum Gasteiger partial charge on any atom is -0.435 e. The lowest BCUT2D eigenvalue weighted by Crippen LogP contribution is -2.28. The third-order valence-electron chi connectivity index (χ3n) is 4.03. The number of halogens is 2. The highest BCUT2D eigenvalue weighted by molar-refractivity contribution is 5.87. The summed E-state index contributed by atoms with van der Waals surface area (Å²) in [6, 6.07) is 15.5. The lowest BCUT2D eigenvalue weighted by molar-refractivity contribution is -0.121. The molecule has 0 saturated heterocycles. The Balaban J connectivity index is 1.69. The van der Waals surface area contributed by atoms with Crippen molar-refractivity contribution >= 4 is 16.8 Å². The SMILES string of the molecule is CC(NC(=O)Cc1cccc2cccnc12)c1cccc(OC(F)F)c1. The van der Waals surface area contributed by atoms with Gasteiger partial charge in [0.05, 0.1) is 18.0 Å². The Morgan fingerprint density at radius 2 is 1.92 bits per heavy atom. The molecule has 1 atom stereocenters. The van der Waals surface area contributed by atoms with Gasteiger partial charge >= 0.3 is 6.61 Å². The van der Waals surface area contributed by atoms with E-state index in [4.69, 9.17) is 0 Å². The van der Waals surface area contributed by atoms with Crippen LogP contribution in [0.15, 0.2) is 60.8 Å². The number of rotatable bonds is 6. The van der Waals surface area contributed by atoms with Crippen LogP contribution >= 0.6 is 0 Å². The van der Waals surface area contributed by atoms with E-state index in [0.29, 0.717) is 5.56 Å². The maximum atomic E-state index is 12.4. The van der Waals surface area contributed by atoms with Gasteiger partial charge in [0.2, 0.25) is 5.91 Å².